The number of aliphatic hydroxyl groups is 2. The lowest BCUT2D eigenvalue weighted by atomic mass is 9.92. The summed E-state index contributed by atoms with van der Waals surface area (Å²) in [5, 5.41) is 17.6. The Bertz CT molecular complexity index is 1530. The lowest BCUT2D eigenvalue weighted by Crippen LogP contribution is -2.24. The van der Waals surface area contributed by atoms with Crippen molar-refractivity contribution < 1.29 is 38.9 Å². The highest BCUT2D eigenvalue weighted by Gasteiger charge is 2.35. The van der Waals surface area contributed by atoms with Crippen LogP contribution in [0.15, 0.2) is 141 Å². The summed E-state index contributed by atoms with van der Waals surface area (Å²) in [6.45, 7) is 6.10. The van der Waals surface area contributed by atoms with Crippen molar-refractivity contribution in [3.05, 3.63) is 144 Å². The number of isocyanates is 4. The van der Waals surface area contributed by atoms with E-state index in [1.165, 1.54) is 24.3 Å². The van der Waals surface area contributed by atoms with Gasteiger partial charge in [-0.2, -0.15) is 20.0 Å². The highest BCUT2D eigenvalue weighted by Crippen LogP contribution is 2.35. The largest absolute Gasteiger partial charge is 0.394 e. The molecule has 0 saturated heterocycles. The zero-order valence-electron chi connectivity index (χ0n) is 28.5. The van der Waals surface area contributed by atoms with E-state index in [9.17, 15) is 19.2 Å². The second-order valence-electron chi connectivity index (χ2n) is 10.9. The van der Waals surface area contributed by atoms with E-state index in [1.807, 2.05) is 31.2 Å². The minimum Gasteiger partial charge on any atom is -0.394 e. The highest BCUT2D eigenvalue weighted by atomic mass is 16.5. The first-order valence-electron chi connectivity index (χ1n) is 15.8. The van der Waals surface area contributed by atoms with Crippen LogP contribution in [0.1, 0.15) is 43.0 Å². The first-order chi connectivity index (χ1) is 24.7. The van der Waals surface area contributed by atoms with Crippen molar-refractivity contribution in [3.8, 4) is 0 Å². The van der Waals surface area contributed by atoms with Crippen molar-refractivity contribution in [1.29, 1.82) is 0 Å². The van der Waals surface area contributed by atoms with Crippen LogP contribution in [0.25, 0.3) is 0 Å². The molecule has 12 heteroatoms. The Balaban J connectivity index is 0.000000271. The fourth-order valence-corrected chi connectivity index (χ4v) is 4.55. The topological polar surface area (TPSA) is 177 Å². The smallest absolute Gasteiger partial charge is 0.238 e. The molecule has 0 amide bonds. The zero-order valence-corrected chi connectivity index (χ0v) is 28.5. The van der Waals surface area contributed by atoms with Crippen LogP contribution < -0.4 is 0 Å². The van der Waals surface area contributed by atoms with Gasteiger partial charge in [0.15, 0.2) is 0 Å². The molecule has 51 heavy (non-hydrogen) atoms. The average Bonchev–Trinajstić information content (AvgIpc) is 3.17. The Hall–Kier alpha value is -5.76. The Kier molecular flexibility index (Phi) is 18.5. The Morgan fingerprint density at radius 1 is 0.510 bits per heavy atom. The van der Waals surface area contributed by atoms with Gasteiger partial charge in [0.1, 0.15) is 0 Å². The predicted octanol–water partition coefficient (Wildman–Crippen LogP) is 5.29. The molecule has 0 radical (unpaired) electrons. The fourth-order valence-electron chi connectivity index (χ4n) is 4.55. The van der Waals surface area contributed by atoms with Gasteiger partial charge in [-0.15, -0.1) is 0 Å². The molecular weight excluding hydrogens is 652 g/mol. The average molecular weight is 693 g/mol. The van der Waals surface area contributed by atoms with E-state index in [0.29, 0.717) is 35.5 Å². The normalized spacial score (nSPS) is 12.2. The SMILES string of the molecule is CC(O)COC(C)COC(C)CO.O=C=NC(N=C=O)(c1ccccc1)c1ccccc1.O=C=NC(N=C=O)(c1ccccc1)c1ccccc1. The number of benzene rings is 4. The number of carbonyl (C=O) groups excluding carboxylic acids is 4. The van der Waals surface area contributed by atoms with Gasteiger partial charge in [0, 0.05) is 22.3 Å². The molecule has 0 heterocycles. The quantitative estimate of drug-likeness (QED) is 0.125. The third kappa shape index (κ3) is 12.9. The van der Waals surface area contributed by atoms with E-state index >= 15 is 0 Å². The van der Waals surface area contributed by atoms with E-state index in [4.69, 9.17) is 19.7 Å². The van der Waals surface area contributed by atoms with Gasteiger partial charge in [0.05, 0.1) is 38.1 Å². The number of aliphatic imine (C=N–C) groups is 4. The first-order valence-corrected chi connectivity index (χ1v) is 15.8. The van der Waals surface area contributed by atoms with Gasteiger partial charge in [0.2, 0.25) is 35.6 Å². The van der Waals surface area contributed by atoms with E-state index in [2.05, 4.69) is 20.0 Å². The van der Waals surface area contributed by atoms with Gasteiger partial charge in [-0.3, -0.25) is 0 Å². The molecule has 0 aromatic heterocycles. The van der Waals surface area contributed by atoms with Crippen LogP contribution in [0.4, 0.5) is 0 Å². The molecule has 0 saturated carbocycles. The van der Waals surface area contributed by atoms with Crippen molar-refractivity contribution in [3.63, 3.8) is 0 Å². The summed E-state index contributed by atoms with van der Waals surface area (Å²) < 4.78 is 10.5. The molecule has 0 fully saturated rings. The molecule has 4 rings (SSSR count). The summed E-state index contributed by atoms with van der Waals surface area (Å²) in [6.07, 6.45) is 5.32. The lowest BCUT2D eigenvalue weighted by Gasteiger charge is -2.23. The Labute approximate surface area is 296 Å². The summed E-state index contributed by atoms with van der Waals surface area (Å²) in [5.41, 5.74) is -0.403. The number of hydrogen-bond acceptors (Lipinski definition) is 12. The minimum atomic E-state index is -1.41. The predicted molar refractivity (Wildman–Crippen MR) is 189 cm³/mol. The Morgan fingerprint density at radius 2 is 0.784 bits per heavy atom. The number of rotatable bonds is 15. The van der Waals surface area contributed by atoms with Gasteiger partial charge in [-0.25, -0.2) is 19.2 Å². The molecule has 4 aromatic rings. The van der Waals surface area contributed by atoms with Crippen LogP contribution in [0.5, 0.6) is 0 Å². The van der Waals surface area contributed by atoms with E-state index < -0.39 is 17.4 Å². The van der Waals surface area contributed by atoms with Gasteiger partial charge >= 0.3 is 0 Å². The van der Waals surface area contributed by atoms with Crippen molar-refractivity contribution in [1.82, 2.24) is 0 Å². The van der Waals surface area contributed by atoms with Crippen molar-refractivity contribution in [2.24, 2.45) is 20.0 Å². The number of nitrogens with zero attached hydrogens (tertiary/aromatic N) is 4. The van der Waals surface area contributed by atoms with E-state index in [1.54, 1.807) is 111 Å². The second-order valence-corrected chi connectivity index (χ2v) is 10.9. The molecule has 12 nitrogen and oxygen atoms in total. The third-order valence-electron chi connectivity index (χ3n) is 7.03. The molecule has 0 aliphatic heterocycles. The summed E-state index contributed by atoms with van der Waals surface area (Å²) in [7, 11) is 0. The van der Waals surface area contributed by atoms with E-state index in [0.717, 1.165) is 0 Å². The summed E-state index contributed by atoms with van der Waals surface area (Å²) in [4.78, 5) is 58.0. The maximum atomic E-state index is 10.8. The highest BCUT2D eigenvalue weighted by molar-refractivity contribution is 5.50. The maximum absolute atomic E-state index is 10.8. The molecule has 4 aromatic carbocycles. The minimum absolute atomic E-state index is 0.0170. The molecule has 0 aliphatic carbocycles. The second kappa shape index (κ2) is 22.8. The van der Waals surface area contributed by atoms with Crippen LogP contribution in [-0.4, -0.2) is 72.7 Å². The summed E-state index contributed by atoms with van der Waals surface area (Å²) in [5.74, 6) is 0. The summed E-state index contributed by atoms with van der Waals surface area (Å²) in [6, 6.07) is 35.6. The van der Waals surface area contributed by atoms with Crippen molar-refractivity contribution in [2.75, 3.05) is 19.8 Å². The van der Waals surface area contributed by atoms with Crippen LogP contribution in [0.2, 0.25) is 0 Å². The number of aliphatic hydroxyl groups excluding tert-OH is 2. The van der Waals surface area contributed by atoms with Gasteiger partial charge in [0.25, 0.3) is 0 Å². The summed E-state index contributed by atoms with van der Waals surface area (Å²) >= 11 is 0. The van der Waals surface area contributed by atoms with Crippen LogP contribution in [-0.2, 0) is 40.0 Å². The fraction of sp³-hybridized carbons (Fsp3) is 0.282. The number of hydrogen-bond donors (Lipinski definition) is 2. The van der Waals surface area contributed by atoms with Gasteiger partial charge < -0.3 is 19.7 Å². The maximum Gasteiger partial charge on any atom is 0.238 e. The third-order valence-corrected chi connectivity index (χ3v) is 7.03. The standard InChI is InChI=1S/2C15H10N2O2.C9H20O4/c2*18-11-16-15(17-12-19,13-7-3-1-4-8-13)14-9-5-2-6-10-14;1-7(11)5-12-9(3)6-13-8(2)4-10/h2*1-10H;7-11H,4-6H2,1-3H3. The lowest BCUT2D eigenvalue weighted by molar-refractivity contribution is -0.0620. The molecule has 264 valence electrons. The van der Waals surface area contributed by atoms with Gasteiger partial charge in [-0.05, 0) is 20.8 Å². The monoisotopic (exact) mass is 692 g/mol. The molecule has 3 unspecified atom stereocenters. The zero-order chi connectivity index (χ0) is 37.4. The molecule has 2 N–H and O–H groups in total. The van der Waals surface area contributed by atoms with Crippen LogP contribution in [0, 0.1) is 0 Å². The van der Waals surface area contributed by atoms with Crippen LogP contribution >= 0.6 is 0 Å². The van der Waals surface area contributed by atoms with Crippen molar-refractivity contribution in [2.45, 2.75) is 50.4 Å². The Morgan fingerprint density at radius 3 is 1.02 bits per heavy atom. The first kappa shape index (κ1) is 41.4. The van der Waals surface area contributed by atoms with Crippen molar-refractivity contribution >= 4 is 24.3 Å². The number of ether oxygens (including phenoxy) is 2. The molecular formula is C39H40N4O8. The van der Waals surface area contributed by atoms with E-state index in [-0.39, 0.29) is 18.8 Å². The molecule has 0 bridgehead atoms. The molecule has 0 spiro atoms. The van der Waals surface area contributed by atoms with Gasteiger partial charge in [-0.1, -0.05) is 121 Å². The van der Waals surface area contributed by atoms with Crippen LogP contribution in [0.3, 0.4) is 0 Å². The molecule has 0 aliphatic rings. The molecule has 3 atom stereocenters.